The average Bonchev–Trinajstić information content (AvgIpc) is 3.30. The van der Waals surface area contributed by atoms with Crippen LogP contribution < -0.4 is 0 Å². The topological polar surface area (TPSA) is 110 Å². The van der Waals surface area contributed by atoms with Gasteiger partial charge in [-0.05, 0) is 52.3 Å². The Hall–Kier alpha value is -3.86. The number of hydrogen-bond donors (Lipinski definition) is 1. The van der Waals surface area contributed by atoms with Crippen LogP contribution in [-0.4, -0.2) is 39.4 Å². The molecule has 0 fully saturated rings. The number of aromatic amines is 1. The molecule has 0 saturated carbocycles. The van der Waals surface area contributed by atoms with E-state index in [1.165, 1.54) is 13.3 Å². The number of methoxy groups -OCH3 is 1. The lowest BCUT2D eigenvalue weighted by molar-refractivity contribution is 0.00692. The molecule has 0 spiro atoms. The van der Waals surface area contributed by atoms with E-state index in [9.17, 15) is 9.59 Å². The molecule has 3 aromatic rings. The zero-order chi connectivity index (χ0) is 23.6. The summed E-state index contributed by atoms with van der Waals surface area (Å²) in [5.74, 6) is -0.926. The number of nitriles is 1. The fourth-order valence-electron chi connectivity index (χ4n) is 3.64. The number of benzene rings is 1. The van der Waals surface area contributed by atoms with Crippen LogP contribution in [0, 0.1) is 25.2 Å². The second kappa shape index (κ2) is 8.71. The molecule has 32 heavy (non-hydrogen) atoms. The number of esters is 2. The molecule has 2 heterocycles. The largest absolute Gasteiger partial charge is 0.465 e. The summed E-state index contributed by atoms with van der Waals surface area (Å²) in [6.45, 7) is 9.49. The van der Waals surface area contributed by atoms with E-state index in [0.717, 1.165) is 16.8 Å². The predicted molar refractivity (Wildman–Crippen MR) is 118 cm³/mol. The fraction of sp³-hybridized carbons (Fsp3) is 0.333. The smallest absolute Gasteiger partial charge is 0.341 e. The van der Waals surface area contributed by atoms with E-state index in [0.29, 0.717) is 28.1 Å². The maximum atomic E-state index is 13.2. The molecular formula is C24H26N4O4. The molecule has 8 nitrogen and oxygen atoms in total. The number of nitrogens with zero attached hydrogens (tertiary/aromatic N) is 3. The van der Waals surface area contributed by atoms with Crippen molar-refractivity contribution in [3.63, 3.8) is 0 Å². The second-order valence-corrected chi connectivity index (χ2v) is 8.45. The van der Waals surface area contributed by atoms with Crippen molar-refractivity contribution in [3.05, 3.63) is 64.2 Å². The molecule has 0 amide bonds. The highest BCUT2D eigenvalue weighted by molar-refractivity contribution is 6.00. The highest BCUT2D eigenvalue weighted by atomic mass is 16.6. The predicted octanol–water partition coefficient (Wildman–Crippen LogP) is 4.16. The maximum Gasteiger partial charge on any atom is 0.341 e. The van der Waals surface area contributed by atoms with Crippen LogP contribution in [0.5, 0.6) is 0 Å². The van der Waals surface area contributed by atoms with Gasteiger partial charge in [0.15, 0.2) is 0 Å². The monoisotopic (exact) mass is 434 g/mol. The van der Waals surface area contributed by atoms with Crippen molar-refractivity contribution in [1.29, 1.82) is 5.26 Å². The zero-order valence-corrected chi connectivity index (χ0v) is 19.1. The summed E-state index contributed by atoms with van der Waals surface area (Å²) in [6, 6.07) is 9.16. The molecule has 166 valence electrons. The number of H-pyrrole nitrogens is 1. The van der Waals surface area contributed by atoms with Gasteiger partial charge in [0.2, 0.25) is 0 Å². The van der Waals surface area contributed by atoms with Crippen LogP contribution in [0.2, 0.25) is 0 Å². The lowest BCUT2D eigenvalue weighted by atomic mass is 9.99. The van der Waals surface area contributed by atoms with Crippen molar-refractivity contribution in [2.45, 2.75) is 46.8 Å². The summed E-state index contributed by atoms with van der Waals surface area (Å²) in [5.41, 5.74) is 4.24. The van der Waals surface area contributed by atoms with Crippen LogP contribution in [0.4, 0.5) is 0 Å². The molecule has 0 unspecified atom stereocenters. The van der Waals surface area contributed by atoms with Gasteiger partial charge in [0.05, 0.1) is 42.7 Å². The van der Waals surface area contributed by atoms with Gasteiger partial charge < -0.3 is 14.0 Å². The van der Waals surface area contributed by atoms with Gasteiger partial charge in [-0.1, -0.05) is 12.1 Å². The minimum Gasteiger partial charge on any atom is -0.465 e. The van der Waals surface area contributed by atoms with E-state index >= 15 is 0 Å². The maximum absolute atomic E-state index is 13.2. The molecule has 0 bridgehead atoms. The number of carbonyl (C=O) groups excluding carboxylic acids is 2. The molecule has 0 aliphatic rings. The Balaban J connectivity index is 2.17. The third-order valence-corrected chi connectivity index (χ3v) is 5.13. The first-order valence-corrected chi connectivity index (χ1v) is 10.1. The van der Waals surface area contributed by atoms with Gasteiger partial charge in [-0.2, -0.15) is 10.4 Å². The van der Waals surface area contributed by atoms with Gasteiger partial charge in [0, 0.05) is 17.0 Å². The minimum absolute atomic E-state index is 0.286. The summed E-state index contributed by atoms with van der Waals surface area (Å²) in [5, 5.41) is 16.0. The number of hydrogen-bond acceptors (Lipinski definition) is 6. The van der Waals surface area contributed by atoms with Crippen LogP contribution in [-0.2, 0) is 16.0 Å². The molecular weight excluding hydrogens is 408 g/mol. The van der Waals surface area contributed by atoms with E-state index in [-0.39, 0.29) is 6.54 Å². The molecule has 0 radical (unpaired) electrons. The lowest BCUT2D eigenvalue weighted by Crippen LogP contribution is -2.24. The molecule has 0 aliphatic heterocycles. The normalized spacial score (nSPS) is 11.2. The van der Waals surface area contributed by atoms with Gasteiger partial charge in [-0.15, -0.1) is 0 Å². The first kappa shape index (κ1) is 22.8. The number of carbonyl (C=O) groups is 2. The Morgan fingerprint density at radius 3 is 2.34 bits per heavy atom. The Bertz CT molecular complexity index is 1200. The van der Waals surface area contributed by atoms with Crippen LogP contribution in [0.25, 0.3) is 11.1 Å². The fourth-order valence-corrected chi connectivity index (χ4v) is 3.64. The SMILES string of the molecule is COC(=O)c1cn[nH]c1Cn1c(C)c(C(=O)OC(C)(C)C)c(-c2ccc(C#N)cc2)c1C. The van der Waals surface area contributed by atoms with Gasteiger partial charge in [-0.3, -0.25) is 5.10 Å². The van der Waals surface area contributed by atoms with Crippen LogP contribution >= 0.6 is 0 Å². The van der Waals surface area contributed by atoms with Gasteiger partial charge >= 0.3 is 11.9 Å². The zero-order valence-electron chi connectivity index (χ0n) is 19.1. The lowest BCUT2D eigenvalue weighted by Gasteiger charge is -2.20. The van der Waals surface area contributed by atoms with Crippen molar-refractivity contribution >= 4 is 11.9 Å². The highest BCUT2D eigenvalue weighted by Gasteiger charge is 2.29. The second-order valence-electron chi connectivity index (χ2n) is 8.45. The summed E-state index contributed by atoms with van der Waals surface area (Å²) in [4.78, 5) is 25.3. The first-order chi connectivity index (χ1) is 15.1. The number of aromatic nitrogens is 3. The van der Waals surface area contributed by atoms with Gasteiger partial charge in [-0.25, -0.2) is 9.59 Å². The quantitative estimate of drug-likeness (QED) is 0.604. The molecule has 8 heteroatoms. The molecule has 0 atom stereocenters. The van der Waals surface area contributed by atoms with E-state index in [2.05, 4.69) is 16.3 Å². The van der Waals surface area contributed by atoms with E-state index < -0.39 is 17.5 Å². The number of nitrogens with one attached hydrogen (secondary N) is 1. The molecule has 1 aromatic carbocycles. The summed E-state index contributed by atoms with van der Waals surface area (Å²) >= 11 is 0. The molecule has 2 aromatic heterocycles. The van der Waals surface area contributed by atoms with Crippen LogP contribution in [0.15, 0.2) is 30.5 Å². The van der Waals surface area contributed by atoms with Crippen molar-refractivity contribution < 1.29 is 19.1 Å². The van der Waals surface area contributed by atoms with Gasteiger partial charge in [0.25, 0.3) is 0 Å². The van der Waals surface area contributed by atoms with Crippen LogP contribution in [0.3, 0.4) is 0 Å². The Kier molecular flexibility index (Phi) is 6.21. The van der Waals surface area contributed by atoms with Crippen molar-refractivity contribution in [2.75, 3.05) is 7.11 Å². The van der Waals surface area contributed by atoms with Gasteiger partial charge in [0.1, 0.15) is 11.2 Å². The highest BCUT2D eigenvalue weighted by Crippen LogP contribution is 2.34. The summed E-state index contributed by atoms with van der Waals surface area (Å²) < 4.78 is 12.5. The standard InChI is InChI=1S/C24H26N4O4/c1-14-20(17-9-7-16(11-25)8-10-17)21(23(30)32-24(3,4)5)15(2)28(14)13-19-18(12-26-27-19)22(29)31-6/h7-10,12H,13H2,1-6H3,(H,26,27). The molecule has 1 N–H and O–H groups in total. The Morgan fingerprint density at radius 1 is 1.12 bits per heavy atom. The van der Waals surface area contributed by atoms with Crippen molar-refractivity contribution in [3.8, 4) is 17.2 Å². The summed E-state index contributed by atoms with van der Waals surface area (Å²) in [7, 11) is 1.31. The Morgan fingerprint density at radius 2 is 1.78 bits per heavy atom. The number of rotatable bonds is 5. The first-order valence-electron chi connectivity index (χ1n) is 10.1. The van der Waals surface area contributed by atoms with Crippen molar-refractivity contribution in [2.24, 2.45) is 0 Å². The van der Waals surface area contributed by atoms with Crippen molar-refractivity contribution in [1.82, 2.24) is 14.8 Å². The van der Waals surface area contributed by atoms with E-state index in [4.69, 9.17) is 14.7 Å². The number of ether oxygens (including phenoxy) is 2. The molecule has 0 saturated heterocycles. The molecule has 3 rings (SSSR count). The summed E-state index contributed by atoms with van der Waals surface area (Å²) in [6.07, 6.45) is 1.42. The van der Waals surface area contributed by atoms with E-state index in [1.807, 2.05) is 51.3 Å². The minimum atomic E-state index is -0.664. The average molecular weight is 434 g/mol. The third-order valence-electron chi connectivity index (χ3n) is 5.13. The third kappa shape index (κ3) is 4.42. The Labute approximate surface area is 186 Å². The van der Waals surface area contributed by atoms with Crippen LogP contribution in [0.1, 0.15) is 64.1 Å². The van der Waals surface area contributed by atoms with E-state index in [1.54, 1.807) is 12.1 Å². The molecule has 0 aliphatic carbocycles.